The van der Waals surface area contributed by atoms with E-state index in [1.165, 1.54) is 0 Å². The van der Waals surface area contributed by atoms with Crippen LogP contribution in [-0.2, 0) is 4.79 Å². The van der Waals surface area contributed by atoms with E-state index in [4.69, 9.17) is 9.47 Å². The predicted octanol–water partition coefficient (Wildman–Crippen LogP) is 2.45. The van der Waals surface area contributed by atoms with Gasteiger partial charge in [0.25, 0.3) is 0 Å². The molecule has 1 aliphatic heterocycles. The molecule has 1 aromatic rings. The summed E-state index contributed by atoms with van der Waals surface area (Å²) >= 11 is 0. The molecule has 0 aliphatic carbocycles. The first-order chi connectivity index (χ1) is 8.07. The standard InChI is InChI=1S/C13H15NO3/c1-13(2)7-6-9-11(17-13)5-4-10(14-8-15)12(9)16-3/h4-8H,1-3H3,(H,14,15). The number of fused-ring (bicyclic) bond motifs is 1. The number of rotatable bonds is 3. The number of carbonyl (C=O) groups excluding carboxylic acids is 1. The quantitative estimate of drug-likeness (QED) is 0.816. The van der Waals surface area contributed by atoms with E-state index in [0.717, 1.165) is 11.3 Å². The van der Waals surface area contributed by atoms with Crippen molar-refractivity contribution in [3.63, 3.8) is 0 Å². The van der Waals surface area contributed by atoms with Crippen molar-refractivity contribution in [1.82, 2.24) is 0 Å². The van der Waals surface area contributed by atoms with Gasteiger partial charge in [-0.3, -0.25) is 4.79 Å². The molecule has 0 atom stereocenters. The topological polar surface area (TPSA) is 47.6 Å². The third kappa shape index (κ3) is 2.11. The molecule has 0 saturated heterocycles. The summed E-state index contributed by atoms with van der Waals surface area (Å²) in [4.78, 5) is 10.5. The van der Waals surface area contributed by atoms with Gasteiger partial charge in [-0.25, -0.2) is 0 Å². The van der Waals surface area contributed by atoms with Crippen LogP contribution in [0.5, 0.6) is 11.5 Å². The number of methoxy groups -OCH3 is 1. The predicted molar refractivity (Wildman–Crippen MR) is 66.4 cm³/mol. The highest BCUT2D eigenvalue weighted by Gasteiger charge is 2.24. The molecule has 2 rings (SSSR count). The van der Waals surface area contributed by atoms with Crippen LogP contribution in [0.4, 0.5) is 5.69 Å². The highest BCUT2D eigenvalue weighted by Crippen LogP contribution is 2.40. The molecule has 1 aromatic carbocycles. The van der Waals surface area contributed by atoms with Crippen molar-refractivity contribution in [1.29, 1.82) is 0 Å². The number of nitrogens with one attached hydrogen (secondary N) is 1. The Bertz CT molecular complexity index is 478. The van der Waals surface area contributed by atoms with E-state index in [1.807, 2.05) is 32.1 Å². The van der Waals surface area contributed by atoms with Crippen molar-refractivity contribution in [2.24, 2.45) is 0 Å². The van der Waals surface area contributed by atoms with E-state index in [-0.39, 0.29) is 5.60 Å². The number of hydrogen-bond donors (Lipinski definition) is 1. The molecule has 4 heteroatoms. The molecule has 1 amide bonds. The molecule has 90 valence electrons. The molecule has 0 unspecified atom stereocenters. The fourth-order valence-electron chi connectivity index (χ4n) is 1.83. The van der Waals surface area contributed by atoms with E-state index in [1.54, 1.807) is 13.2 Å². The number of ether oxygens (including phenoxy) is 2. The fourth-order valence-corrected chi connectivity index (χ4v) is 1.83. The molecule has 0 radical (unpaired) electrons. The van der Waals surface area contributed by atoms with Gasteiger partial charge in [0.15, 0.2) is 5.75 Å². The van der Waals surface area contributed by atoms with E-state index in [2.05, 4.69) is 5.32 Å². The molecule has 0 bridgehead atoms. The lowest BCUT2D eigenvalue weighted by molar-refractivity contribution is -0.105. The van der Waals surface area contributed by atoms with Crippen LogP contribution in [-0.4, -0.2) is 19.1 Å². The number of carbonyl (C=O) groups is 1. The first-order valence-corrected chi connectivity index (χ1v) is 5.37. The monoisotopic (exact) mass is 233 g/mol. The Hall–Kier alpha value is -1.97. The second kappa shape index (κ2) is 4.13. The summed E-state index contributed by atoms with van der Waals surface area (Å²) in [5.41, 5.74) is 1.16. The second-order valence-electron chi connectivity index (χ2n) is 4.36. The summed E-state index contributed by atoms with van der Waals surface area (Å²) in [6.07, 6.45) is 4.54. The Kier molecular flexibility index (Phi) is 2.79. The van der Waals surface area contributed by atoms with Gasteiger partial charge in [-0.1, -0.05) is 0 Å². The van der Waals surface area contributed by atoms with Crippen molar-refractivity contribution >= 4 is 18.2 Å². The van der Waals surface area contributed by atoms with Crippen molar-refractivity contribution in [3.05, 3.63) is 23.8 Å². The Morgan fingerprint density at radius 2 is 2.18 bits per heavy atom. The maximum absolute atomic E-state index is 10.5. The molecule has 0 aromatic heterocycles. The van der Waals surface area contributed by atoms with Gasteiger partial charge in [-0.05, 0) is 38.1 Å². The number of benzene rings is 1. The van der Waals surface area contributed by atoms with Gasteiger partial charge in [0.05, 0.1) is 18.4 Å². The second-order valence-corrected chi connectivity index (χ2v) is 4.36. The van der Waals surface area contributed by atoms with Gasteiger partial charge in [-0.15, -0.1) is 0 Å². The molecule has 0 saturated carbocycles. The van der Waals surface area contributed by atoms with Crippen LogP contribution in [0.25, 0.3) is 6.08 Å². The van der Waals surface area contributed by atoms with Crippen molar-refractivity contribution in [2.75, 3.05) is 12.4 Å². The summed E-state index contributed by atoms with van der Waals surface area (Å²) in [7, 11) is 1.57. The zero-order valence-corrected chi connectivity index (χ0v) is 10.1. The van der Waals surface area contributed by atoms with Crippen LogP contribution in [0, 0.1) is 0 Å². The number of amides is 1. The van der Waals surface area contributed by atoms with Gasteiger partial charge in [0.2, 0.25) is 6.41 Å². The molecule has 4 nitrogen and oxygen atoms in total. The van der Waals surface area contributed by atoms with E-state index in [0.29, 0.717) is 17.8 Å². The Morgan fingerprint density at radius 3 is 2.82 bits per heavy atom. The molecule has 1 N–H and O–H groups in total. The SMILES string of the molecule is COc1c(NC=O)ccc2c1C=CC(C)(C)O2. The normalized spacial score (nSPS) is 15.7. The maximum atomic E-state index is 10.5. The largest absolute Gasteiger partial charge is 0.494 e. The van der Waals surface area contributed by atoms with Crippen molar-refractivity contribution < 1.29 is 14.3 Å². The lowest BCUT2D eigenvalue weighted by Gasteiger charge is -2.29. The van der Waals surface area contributed by atoms with Crippen molar-refractivity contribution in [3.8, 4) is 11.5 Å². The smallest absolute Gasteiger partial charge is 0.211 e. The highest BCUT2D eigenvalue weighted by atomic mass is 16.5. The van der Waals surface area contributed by atoms with Crippen LogP contribution in [0.1, 0.15) is 19.4 Å². The average molecular weight is 233 g/mol. The molecular formula is C13H15NO3. The molecule has 17 heavy (non-hydrogen) atoms. The lowest BCUT2D eigenvalue weighted by atomic mass is 10.0. The molecular weight excluding hydrogens is 218 g/mol. The minimum Gasteiger partial charge on any atom is -0.494 e. The minimum absolute atomic E-state index is 0.322. The van der Waals surface area contributed by atoms with E-state index in [9.17, 15) is 4.79 Å². The zero-order chi connectivity index (χ0) is 12.5. The molecule has 1 heterocycles. The van der Waals surface area contributed by atoms with Gasteiger partial charge in [-0.2, -0.15) is 0 Å². The molecule has 1 aliphatic rings. The maximum Gasteiger partial charge on any atom is 0.211 e. The average Bonchev–Trinajstić information content (AvgIpc) is 2.28. The van der Waals surface area contributed by atoms with Gasteiger partial charge >= 0.3 is 0 Å². The zero-order valence-electron chi connectivity index (χ0n) is 10.1. The first kappa shape index (κ1) is 11.5. The fraction of sp³-hybridized carbons (Fsp3) is 0.308. The van der Waals surface area contributed by atoms with Crippen molar-refractivity contribution in [2.45, 2.75) is 19.4 Å². The molecule has 0 spiro atoms. The van der Waals surface area contributed by atoms with Gasteiger partial charge in [0, 0.05) is 0 Å². The summed E-state index contributed by atoms with van der Waals surface area (Å²) in [6.45, 7) is 3.97. The lowest BCUT2D eigenvalue weighted by Crippen LogP contribution is -2.27. The summed E-state index contributed by atoms with van der Waals surface area (Å²) in [5, 5.41) is 2.60. The summed E-state index contributed by atoms with van der Waals surface area (Å²) < 4.78 is 11.1. The Labute approximate surface area is 100 Å². The van der Waals surface area contributed by atoms with Crippen LogP contribution in [0.15, 0.2) is 18.2 Å². The van der Waals surface area contributed by atoms with E-state index >= 15 is 0 Å². The third-order valence-corrected chi connectivity index (χ3v) is 2.60. The Morgan fingerprint density at radius 1 is 1.41 bits per heavy atom. The number of hydrogen-bond acceptors (Lipinski definition) is 3. The first-order valence-electron chi connectivity index (χ1n) is 5.37. The highest BCUT2D eigenvalue weighted by molar-refractivity contribution is 5.82. The van der Waals surface area contributed by atoms with Gasteiger partial charge in [0.1, 0.15) is 11.4 Å². The van der Waals surface area contributed by atoms with E-state index < -0.39 is 0 Å². The van der Waals surface area contributed by atoms with Gasteiger partial charge < -0.3 is 14.8 Å². The van der Waals surface area contributed by atoms with Crippen LogP contribution in [0.3, 0.4) is 0 Å². The minimum atomic E-state index is -0.322. The third-order valence-electron chi connectivity index (χ3n) is 2.60. The summed E-state index contributed by atoms with van der Waals surface area (Å²) in [5.74, 6) is 1.37. The number of anilines is 1. The Balaban J connectivity index is 2.51. The van der Waals surface area contributed by atoms with Crippen LogP contribution in [0.2, 0.25) is 0 Å². The molecule has 0 fully saturated rings. The van der Waals surface area contributed by atoms with Crippen LogP contribution < -0.4 is 14.8 Å². The summed E-state index contributed by atoms with van der Waals surface area (Å²) in [6, 6.07) is 3.59. The van der Waals surface area contributed by atoms with Crippen LogP contribution >= 0.6 is 0 Å².